The van der Waals surface area contributed by atoms with Gasteiger partial charge in [0.1, 0.15) is 11.3 Å². The summed E-state index contributed by atoms with van der Waals surface area (Å²) in [5.41, 5.74) is 3.20. The Kier molecular flexibility index (Phi) is 5.03. The first kappa shape index (κ1) is 15.3. The zero-order valence-electron chi connectivity index (χ0n) is 12.9. The highest BCUT2D eigenvalue weighted by Gasteiger charge is 2.17. The van der Waals surface area contributed by atoms with E-state index >= 15 is 0 Å². The Balaban J connectivity index is 2.43. The lowest BCUT2D eigenvalue weighted by molar-refractivity contribution is 0.436. The van der Waals surface area contributed by atoms with E-state index in [2.05, 4.69) is 37.2 Å². The van der Waals surface area contributed by atoms with Crippen molar-refractivity contribution in [2.45, 2.75) is 53.0 Å². The van der Waals surface area contributed by atoms with E-state index in [-0.39, 0.29) is 0 Å². The number of alkyl halides is 1. The summed E-state index contributed by atoms with van der Waals surface area (Å²) in [7, 11) is 0. The Hall–Kier alpha value is -1.09. The van der Waals surface area contributed by atoms with Crippen LogP contribution in [-0.2, 0) is 6.42 Å². The van der Waals surface area contributed by atoms with E-state index in [1.165, 1.54) is 12.0 Å². The molecular weight excluding hydrogens is 270 g/mol. The topological polar surface area (TPSA) is 30.7 Å². The first-order valence-corrected chi connectivity index (χ1v) is 7.96. The monoisotopic (exact) mass is 293 g/mol. The molecule has 0 spiro atoms. The van der Waals surface area contributed by atoms with Gasteiger partial charge in [0.2, 0.25) is 0 Å². The lowest BCUT2D eigenvalue weighted by Crippen LogP contribution is -2.11. The van der Waals surface area contributed by atoms with E-state index in [1.54, 1.807) is 0 Å². The third kappa shape index (κ3) is 3.14. The molecule has 2 rings (SSSR count). The normalized spacial score (nSPS) is 13.3. The van der Waals surface area contributed by atoms with Gasteiger partial charge in [-0.3, -0.25) is 0 Å². The predicted octanol–water partition coefficient (Wildman–Crippen LogP) is 4.52. The number of hydrogen-bond donors (Lipinski definition) is 0. The molecule has 2 aromatic rings. The van der Waals surface area contributed by atoms with E-state index in [9.17, 15) is 0 Å². The standard InChI is InChI=1S/C16H24ClN3/c1-11(2)5-6-13(4)20-14(7-9-17)19-15-12(3)8-10-18-16(15)20/h8,10-11,13H,5-7,9H2,1-4H3. The van der Waals surface area contributed by atoms with Gasteiger partial charge in [0.15, 0.2) is 5.65 Å². The molecule has 0 aliphatic rings. The molecule has 0 aromatic carbocycles. The van der Waals surface area contributed by atoms with Crippen LogP contribution >= 0.6 is 11.6 Å². The number of aromatic nitrogens is 3. The highest BCUT2D eigenvalue weighted by Crippen LogP contribution is 2.26. The molecule has 0 saturated heterocycles. The molecule has 0 radical (unpaired) electrons. The van der Waals surface area contributed by atoms with Gasteiger partial charge in [0.05, 0.1) is 0 Å². The Morgan fingerprint density at radius 3 is 2.65 bits per heavy atom. The Labute approximate surface area is 126 Å². The lowest BCUT2D eigenvalue weighted by Gasteiger charge is -2.18. The average Bonchev–Trinajstić information content (AvgIpc) is 2.76. The van der Waals surface area contributed by atoms with Crippen LogP contribution in [-0.4, -0.2) is 20.4 Å². The van der Waals surface area contributed by atoms with Crippen molar-refractivity contribution >= 4 is 22.8 Å². The van der Waals surface area contributed by atoms with Crippen LogP contribution in [0, 0.1) is 12.8 Å². The summed E-state index contributed by atoms with van der Waals surface area (Å²) in [6, 6.07) is 2.43. The van der Waals surface area contributed by atoms with Gasteiger partial charge in [-0.05, 0) is 44.2 Å². The van der Waals surface area contributed by atoms with Crippen LogP contribution in [0.3, 0.4) is 0 Å². The first-order chi connectivity index (χ1) is 9.54. The van der Waals surface area contributed by atoms with E-state index in [0.29, 0.717) is 11.9 Å². The van der Waals surface area contributed by atoms with Gasteiger partial charge < -0.3 is 4.57 Å². The Morgan fingerprint density at radius 1 is 1.25 bits per heavy atom. The molecule has 2 heterocycles. The molecule has 3 nitrogen and oxygen atoms in total. The van der Waals surface area contributed by atoms with Crippen LogP contribution in [0.2, 0.25) is 0 Å². The number of pyridine rings is 1. The fourth-order valence-electron chi connectivity index (χ4n) is 2.58. The molecule has 0 bridgehead atoms. The largest absolute Gasteiger partial charge is 0.310 e. The van der Waals surface area contributed by atoms with Crippen molar-refractivity contribution in [1.82, 2.24) is 14.5 Å². The summed E-state index contributed by atoms with van der Waals surface area (Å²) >= 11 is 5.93. The second-order valence-corrected chi connectivity index (χ2v) is 6.34. The lowest BCUT2D eigenvalue weighted by atomic mass is 10.0. The molecule has 0 aliphatic carbocycles. The third-order valence-electron chi connectivity index (χ3n) is 3.77. The summed E-state index contributed by atoms with van der Waals surface area (Å²) < 4.78 is 2.28. The number of fused-ring (bicyclic) bond motifs is 1. The molecule has 0 amide bonds. The number of aryl methyl sites for hydroxylation is 2. The molecule has 2 aromatic heterocycles. The zero-order valence-corrected chi connectivity index (χ0v) is 13.6. The summed E-state index contributed by atoms with van der Waals surface area (Å²) in [5, 5.41) is 0. The SMILES string of the molecule is Cc1ccnc2c1nc(CCCl)n2C(C)CCC(C)C. The Morgan fingerprint density at radius 2 is 2.00 bits per heavy atom. The third-order valence-corrected chi connectivity index (χ3v) is 3.96. The van der Waals surface area contributed by atoms with Crippen molar-refractivity contribution < 1.29 is 0 Å². The molecule has 110 valence electrons. The number of hydrogen-bond acceptors (Lipinski definition) is 2. The summed E-state index contributed by atoms with van der Waals surface area (Å²) in [6.07, 6.45) is 5.03. The maximum atomic E-state index is 5.93. The minimum Gasteiger partial charge on any atom is -0.310 e. The number of nitrogens with zero attached hydrogens (tertiary/aromatic N) is 3. The van der Waals surface area contributed by atoms with Crippen molar-refractivity contribution in [3.8, 4) is 0 Å². The second kappa shape index (κ2) is 6.57. The van der Waals surface area contributed by atoms with Gasteiger partial charge in [0.25, 0.3) is 0 Å². The molecular formula is C16H24ClN3. The molecule has 20 heavy (non-hydrogen) atoms. The Bertz CT molecular complexity index is 574. The fourth-order valence-corrected chi connectivity index (χ4v) is 2.75. The highest BCUT2D eigenvalue weighted by atomic mass is 35.5. The van der Waals surface area contributed by atoms with Gasteiger partial charge in [-0.2, -0.15) is 0 Å². The van der Waals surface area contributed by atoms with Crippen molar-refractivity contribution in [3.05, 3.63) is 23.7 Å². The van der Waals surface area contributed by atoms with Crippen molar-refractivity contribution in [2.75, 3.05) is 5.88 Å². The minimum atomic E-state index is 0.412. The van der Waals surface area contributed by atoms with Crippen molar-refractivity contribution in [1.29, 1.82) is 0 Å². The van der Waals surface area contributed by atoms with Gasteiger partial charge in [0, 0.05) is 24.5 Å². The van der Waals surface area contributed by atoms with E-state index in [0.717, 1.165) is 35.7 Å². The van der Waals surface area contributed by atoms with Crippen molar-refractivity contribution in [3.63, 3.8) is 0 Å². The van der Waals surface area contributed by atoms with Crippen LogP contribution < -0.4 is 0 Å². The smallest absolute Gasteiger partial charge is 0.160 e. The van der Waals surface area contributed by atoms with Crippen LogP contribution in [0.4, 0.5) is 0 Å². The van der Waals surface area contributed by atoms with Gasteiger partial charge >= 0.3 is 0 Å². The highest BCUT2D eigenvalue weighted by molar-refractivity contribution is 6.17. The molecule has 1 unspecified atom stereocenters. The molecule has 0 N–H and O–H groups in total. The number of imidazole rings is 1. The van der Waals surface area contributed by atoms with E-state index in [1.807, 2.05) is 12.3 Å². The number of halogens is 1. The molecule has 0 saturated carbocycles. The first-order valence-electron chi connectivity index (χ1n) is 7.43. The zero-order chi connectivity index (χ0) is 14.7. The van der Waals surface area contributed by atoms with Crippen LogP contribution in [0.1, 0.15) is 51.0 Å². The van der Waals surface area contributed by atoms with Crippen LogP contribution in [0.5, 0.6) is 0 Å². The number of rotatable bonds is 6. The van der Waals surface area contributed by atoms with Gasteiger partial charge in [-0.1, -0.05) is 13.8 Å². The second-order valence-electron chi connectivity index (χ2n) is 5.96. The van der Waals surface area contributed by atoms with Crippen molar-refractivity contribution in [2.24, 2.45) is 5.92 Å². The van der Waals surface area contributed by atoms with E-state index in [4.69, 9.17) is 16.6 Å². The minimum absolute atomic E-state index is 0.412. The van der Waals surface area contributed by atoms with Crippen LogP contribution in [0.15, 0.2) is 12.3 Å². The summed E-state index contributed by atoms with van der Waals surface area (Å²) in [4.78, 5) is 9.32. The van der Waals surface area contributed by atoms with Gasteiger partial charge in [-0.25, -0.2) is 9.97 Å². The maximum Gasteiger partial charge on any atom is 0.160 e. The summed E-state index contributed by atoms with van der Waals surface area (Å²) in [6.45, 7) is 8.87. The quantitative estimate of drug-likeness (QED) is 0.733. The summed E-state index contributed by atoms with van der Waals surface area (Å²) in [5.74, 6) is 2.38. The van der Waals surface area contributed by atoms with E-state index < -0.39 is 0 Å². The molecule has 1 atom stereocenters. The predicted molar refractivity (Wildman–Crippen MR) is 85.5 cm³/mol. The van der Waals surface area contributed by atoms with Gasteiger partial charge in [-0.15, -0.1) is 11.6 Å². The molecule has 4 heteroatoms. The molecule has 0 aliphatic heterocycles. The molecule has 0 fully saturated rings. The van der Waals surface area contributed by atoms with Crippen LogP contribution in [0.25, 0.3) is 11.2 Å². The fraction of sp³-hybridized carbons (Fsp3) is 0.625. The average molecular weight is 294 g/mol. The maximum absolute atomic E-state index is 5.93.